The Morgan fingerprint density at radius 3 is 2.88 bits per heavy atom. The number of fused-ring (bicyclic) bond motifs is 1. The van der Waals surface area contributed by atoms with Crippen molar-refractivity contribution < 1.29 is 18.7 Å². The molecule has 1 aromatic rings. The van der Waals surface area contributed by atoms with Crippen molar-refractivity contribution in [1.29, 1.82) is 0 Å². The van der Waals surface area contributed by atoms with Crippen molar-refractivity contribution in [2.24, 2.45) is 0 Å². The molecular formula is C18H23BrFNO3. The van der Waals surface area contributed by atoms with Crippen LogP contribution in [0.2, 0.25) is 0 Å². The molecule has 0 N–H and O–H groups in total. The van der Waals surface area contributed by atoms with Crippen molar-refractivity contribution in [1.82, 2.24) is 4.90 Å². The van der Waals surface area contributed by atoms with Gasteiger partial charge < -0.3 is 14.4 Å². The third-order valence-electron chi connectivity index (χ3n) is 4.46. The van der Waals surface area contributed by atoms with Crippen molar-refractivity contribution in [2.75, 3.05) is 13.2 Å². The summed E-state index contributed by atoms with van der Waals surface area (Å²) in [6.45, 7) is 6.68. The maximum atomic E-state index is 14.5. The van der Waals surface area contributed by atoms with Crippen LogP contribution in [-0.2, 0) is 15.9 Å². The predicted molar refractivity (Wildman–Crippen MR) is 92.5 cm³/mol. The van der Waals surface area contributed by atoms with Gasteiger partial charge in [0.2, 0.25) is 0 Å². The number of carbonyl (C=O) groups is 1. The zero-order valence-electron chi connectivity index (χ0n) is 14.3. The van der Waals surface area contributed by atoms with Gasteiger partial charge in [0.25, 0.3) is 0 Å². The van der Waals surface area contributed by atoms with Crippen molar-refractivity contribution in [3.8, 4) is 0 Å². The average molecular weight is 400 g/mol. The summed E-state index contributed by atoms with van der Waals surface area (Å²) < 4.78 is 26.9. The molecule has 2 aliphatic rings. The summed E-state index contributed by atoms with van der Waals surface area (Å²) in [5.41, 5.74) is 0.975. The number of hydrogen-bond donors (Lipinski definition) is 0. The molecule has 1 fully saturated rings. The third-order valence-corrected chi connectivity index (χ3v) is 5.20. The Kier molecular flexibility index (Phi) is 4.89. The van der Waals surface area contributed by atoms with Gasteiger partial charge in [0.05, 0.1) is 12.6 Å². The molecule has 0 unspecified atom stereocenters. The molecule has 0 aliphatic carbocycles. The summed E-state index contributed by atoms with van der Waals surface area (Å²) in [6, 6.07) is 3.00. The zero-order chi connectivity index (χ0) is 17.5. The SMILES string of the molecule is CC(C)(C)OC(=O)N1CCC[C@H]1[C@H]1OCCc2c(Br)ccc(F)c21. The Labute approximate surface area is 150 Å². The highest BCUT2D eigenvalue weighted by Crippen LogP contribution is 2.40. The first kappa shape index (κ1) is 17.7. The highest BCUT2D eigenvalue weighted by Gasteiger charge is 2.41. The predicted octanol–water partition coefficient (Wildman–Crippen LogP) is 4.60. The van der Waals surface area contributed by atoms with Crippen LogP contribution in [0.15, 0.2) is 16.6 Å². The lowest BCUT2D eigenvalue weighted by atomic mass is 9.91. The smallest absolute Gasteiger partial charge is 0.410 e. The van der Waals surface area contributed by atoms with E-state index in [9.17, 15) is 9.18 Å². The maximum Gasteiger partial charge on any atom is 0.410 e. The first-order valence-corrected chi connectivity index (χ1v) is 9.15. The fourth-order valence-electron chi connectivity index (χ4n) is 3.50. The maximum absolute atomic E-state index is 14.5. The summed E-state index contributed by atoms with van der Waals surface area (Å²) in [4.78, 5) is 14.2. The Hall–Kier alpha value is -1.14. The second-order valence-electron chi connectivity index (χ2n) is 7.35. The molecule has 0 radical (unpaired) electrons. The van der Waals surface area contributed by atoms with Crippen LogP contribution in [0.5, 0.6) is 0 Å². The molecule has 2 atom stereocenters. The number of benzene rings is 1. The monoisotopic (exact) mass is 399 g/mol. The van der Waals surface area contributed by atoms with E-state index in [2.05, 4.69) is 15.9 Å². The number of likely N-dealkylation sites (tertiary alicyclic amines) is 1. The number of halogens is 2. The zero-order valence-corrected chi connectivity index (χ0v) is 15.9. The Morgan fingerprint density at radius 1 is 1.42 bits per heavy atom. The van der Waals surface area contributed by atoms with Crippen LogP contribution in [0.1, 0.15) is 50.8 Å². The van der Waals surface area contributed by atoms with E-state index in [4.69, 9.17) is 9.47 Å². The summed E-state index contributed by atoms with van der Waals surface area (Å²) in [6.07, 6.45) is 1.53. The molecule has 4 nitrogen and oxygen atoms in total. The molecule has 0 spiro atoms. The van der Waals surface area contributed by atoms with Gasteiger partial charge in [0, 0.05) is 16.6 Å². The molecule has 0 aromatic heterocycles. The lowest BCUT2D eigenvalue weighted by Crippen LogP contribution is -2.44. The van der Waals surface area contributed by atoms with Gasteiger partial charge in [-0.1, -0.05) is 15.9 Å². The number of carbonyl (C=O) groups excluding carboxylic acids is 1. The minimum absolute atomic E-state index is 0.192. The largest absolute Gasteiger partial charge is 0.444 e. The van der Waals surface area contributed by atoms with Gasteiger partial charge >= 0.3 is 6.09 Å². The minimum atomic E-state index is -0.552. The van der Waals surface area contributed by atoms with Gasteiger partial charge in [-0.15, -0.1) is 0 Å². The number of rotatable bonds is 1. The molecule has 1 saturated heterocycles. The van der Waals surface area contributed by atoms with E-state index in [1.807, 2.05) is 20.8 Å². The molecule has 132 valence electrons. The van der Waals surface area contributed by atoms with Crippen LogP contribution in [0.3, 0.4) is 0 Å². The third kappa shape index (κ3) is 3.45. The van der Waals surface area contributed by atoms with Crippen molar-refractivity contribution >= 4 is 22.0 Å². The molecule has 1 amide bonds. The van der Waals surface area contributed by atoms with Gasteiger partial charge in [0.15, 0.2) is 0 Å². The number of hydrogen-bond acceptors (Lipinski definition) is 3. The summed E-state index contributed by atoms with van der Waals surface area (Å²) >= 11 is 3.51. The van der Waals surface area contributed by atoms with Gasteiger partial charge in [-0.3, -0.25) is 0 Å². The van der Waals surface area contributed by atoms with Crippen molar-refractivity contribution in [3.63, 3.8) is 0 Å². The van der Waals surface area contributed by atoms with E-state index < -0.39 is 11.7 Å². The van der Waals surface area contributed by atoms with E-state index >= 15 is 0 Å². The van der Waals surface area contributed by atoms with Crippen LogP contribution in [0.4, 0.5) is 9.18 Å². The van der Waals surface area contributed by atoms with Gasteiger partial charge in [-0.2, -0.15) is 0 Å². The van der Waals surface area contributed by atoms with Crippen molar-refractivity contribution in [2.45, 2.75) is 57.8 Å². The first-order chi connectivity index (χ1) is 11.3. The second-order valence-corrected chi connectivity index (χ2v) is 8.20. The Balaban J connectivity index is 1.90. The summed E-state index contributed by atoms with van der Waals surface area (Å²) in [5.74, 6) is -0.270. The van der Waals surface area contributed by atoms with E-state index in [1.165, 1.54) is 6.07 Å². The lowest BCUT2D eigenvalue weighted by molar-refractivity contribution is -0.0282. The first-order valence-electron chi connectivity index (χ1n) is 8.36. The molecule has 6 heteroatoms. The number of ether oxygens (including phenoxy) is 2. The summed E-state index contributed by atoms with van der Waals surface area (Å²) in [5, 5.41) is 0. The molecular weight excluding hydrogens is 377 g/mol. The number of amides is 1. The normalized spacial score (nSPS) is 24.0. The van der Waals surface area contributed by atoms with Gasteiger partial charge in [-0.25, -0.2) is 9.18 Å². The highest BCUT2D eigenvalue weighted by atomic mass is 79.9. The molecule has 3 rings (SSSR count). The topological polar surface area (TPSA) is 38.8 Å². The molecule has 2 heterocycles. The fourth-order valence-corrected chi connectivity index (χ4v) is 4.04. The highest BCUT2D eigenvalue weighted by molar-refractivity contribution is 9.10. The second kappa shape index (κ2) is 6.64. The van der Waals surface area contributed by atoms with E-state index in [0.29, 0.717) is 25.1 Å². The van der Waals surface area contributed by atoms with Crippen LogP contribution < -0.4 is 0 Å². The van der Waals surface area contributed by atoms with Crippen LogP contribution in [0, 0.1) is 5.82 Å². The Morgan fingerprint density at radius 2 is 2.17 bits per heavy atom. The standard InChI is InChI=1S/C18H23BrFNO3/c1-18(2,3)24-17(22)21-9-4-5-14(21)16-15-11(8-10-23-16)12(19)6-7-13(15)20/h6-7,14,16H,4-5,8-10H2,1-3H3/t14-,16+/m0/s1. The minimum Gasteiger partial charge on any atom is -0.444 e. The molecule has 1 aromatic carbocycles. The van der Waals surface area contributed by atoms with E-state index in [0.717, 1.165) is 22.9 Å². The number of nitrogens with zero attached hydrogens (tertiary/aromatic N) is 1. The summed E-state index contributed by atoms with van der Waals surface area (Å²) in [7, 11) is 0. The quantitative estimate of drug-likeness (QED) is 0.692. The molecule has 2 aliphatic heterocycles. The van der Waals surface area contributed by atoms with Crippen LogP contribution in [0.25, 0.3) is 0 Å². The molecule has 0 bridgehead atoms. The molecule has 0 saturated carbocycles. The average Bonchev–Trinajstić information content (AvgIpc) is 2.98. The van der Waals surface area contributed by atoms with E-state index in [-0.39, 0.29) is 18.0 Å². The van der Waals surface area contributed by atoms with Gasteiger partial charge in [-0.05, 0) is 57.7 Å². The van der Waals surface area contributed by atoms with Crippen molar-refractivity contribution in [3.05, 3.63) is 33.5 Å². The Bertz CT molecular complexity index is 644. The van der Waals surface area contributed by atoms with Crippen LogP contribution in [-0.4, -0.2) is 35.8 Å². The lowest BCUT2D eigenvalue weighted by Gasteiger charge is -2.36. The van der Waals surface area contributed by atoms with E-state index in [1.54, 1.807) is 11.0 Å². The molecule has 24 heavy (non-hydrogen) atoms. The fraction of sp³-hybridized carbons (Fsp3) is 0.611. The van der Waals surface area contributed by atoms with Gasteiger partial charge in [0.1, 0.15) is 17.5 Å². The van der Waals surface area contributed by atoms with Crippen LogP contribution >= 0.6 is 15.9 Å².